The summed E-state index contributed by atoms with van der Waals surface area (Å²) in [7, 11) is 0. The van der Waals surface area contributed by atoms with E-state index in [1.54, 1.807) is 18.2 Å². The summed E-state index contributed by atoms with van der Waals surface area (Å²) in [5, 5.41) is 25.2. The van der Waals surface area contributed by atoms with Gasteiger partial charge in [0, 0.05) is 12.3 Å². The van der Waals surface area contributed by atoms with Gasteiger partial charge in [0.1, 0.15) is 17.7 Å². The Kier molecular flexibility index (Phi) is 5.49. The van der Waals surface area contributed by atoms with Gasteiger partial charge in [-0.05, 0) is 18.2 Å². The zero-order chi connectivity index (χ0) is 20.8. The summed E-state index contributed by atoms with van der Waals surface area (Å²) in [5.41, 5.74) is 3.28. The maximum Gasteiger partial charge on any atom is 0.355 e. The standard InChI is InChI=1S/C16H12N8O5/c25-16(10-5-1-2-6-11(10)23(26)27)22-21-15-13(24(28)29)14(18-9-19-15)20-12-7-3-4-8-17-12/h1-9H,(H,22,25)(H2,17,18,19,20,21). The zero-order valence-electron chi connectivity index (χ0n) is 14.5. The number of nitrogens with one attached hydrogen (secondary N) is 3. The number of rotatable bonds is 7. The van der Waals surface area contributed by atoms with Crippen molar-refractivity contribution in [3.63, 3.8) is 0 Å². The average molecular weight is 396 g/mol. The van der Waals surface area contributed by atoms with Crippen LogP contribution in [0.5, 0.6) is 0 Å². The first kappa shape index (κ1) is 19.1. The summed E-state index contributed by atoms with van der Waals surface area (Å²) in [6.07, 6.45) is 2.53. The molecule has 1 aromatic carbocycles. The van der Waals surface area contributed by atoms with Crippen LogP contribution in [0, 0.1) is 20.2 Å². The Bertz CT molecular complexity index is 1080. The summed E-state index contributed by atoms with van der Waals surface area (Å²) in [4.78, 5) is 45.0. The Balaban J connectivity index is 1.84. The van der Waals surface area contributed by atoms with E-state index in [0.717, 1.165) is 12.4 Å². The lowest BCUT2D eigenvalue weighted by Gasteiger charge is -2.10. The molecule has 146 valence electrons. The van der Waals surface area contributed by atoms with Crippen LogP contribution in [0.15, 0.2) is 55.0 Å². The number of para-hydroxylation sites is 1. The molecule has 13 heteroatoms. The summed E-state index contributed by atoms with van der Waals surface area (Å²) in [5.74, 6) is -1.05. The van der Waals surface area contributed by atoms with E-state index < -0.39 is 27.1 Å². The molecule has 0 aliphatic heterocycles. The van der Waals surface area contributed by atoms with Crippen molar-refractivity contribution in [2.24, 2.45) is 0 Å². The summed E-state index contributed by atoms with van der Waals surface area (Å²) < 4.78 is 0. The van der Waals surface area contributed by atoms with Crippen molar-refractivity contribution in [1.29, 1.82) is 0 Å². The fraction of sp³-hybridized carbons (Fsp3) is 0. The first-order valence-electron chi connectivity index (χ1n) is 7.94. The molecule has 0 aliphatic rings. The number of amides is 1. The Morgan fingerprint density at radius 1 is 0.897 bits per heavy atom. The monoisotopic (exact) mass is 396 g/mol. The Hall–Kier alpha value is -4.68. The van der Waals surface area contributed by atoms with E-state index in [2.05, 4.69) is 31.1 Å². The highest BCUT2D eigenvalue weighted by atomic mass is 16.6. The summed E-state index contributed by atoms with van der Waals surface area (Å²) in [6, 6.07) is 10.2. The van der Waals surface area contributed by atoms with Crippen molar-refractivity contribution in [3.8, 4) is 0 Å². The Morgan fingerprint density at radius 2 is 1.62 bits per heavy atom. The van der Waals surface area contributed by atoms with Crippen molar-refractivity contribution in [2.75, 3.05) is 10.7 Å². The first-order valence-corrected chi connectivity index (χ1v) is 7.94. The van der Waals surface area contributed by atoms with Crippen LogP contribution in [0.25, 0.3) is 0 Å². The van der Waals surface area contributed by atoms with Gasteiger partial charge < -0.3 is 5.32 Å². The highest BCUT2D eigenvalue weighted by Gasteiger charge is 2.25. The molecule has 3 aromatic rings. The van der Waals surface area contributed by atoms with Gasteiger partial charge >= 0.3 is 5.69 Å². The molecule has 0 radical (unpaired) electrons. The van der Waals surface area contributed by atoms with Gasteiger partial charge in [-0.15, -0.1) is 0 Å². The number of hydrogen-bond donors (Lipinski definition) is 3. The van der Waals surface area contributed by atoms with Gasteiger partial charge in [0.2, 0.25) is 11.6 Å². The minimum atomic E-state index is -0.871. The number of anilines is 3. The molecule has 29 heavy (non-hydrogen) atoms. The van der Waals surface area contributed by atoms with Gasteiger partial charge in [-0.2, -0.15) is 0 Å². The van der Waals surface area contributed by atoms with E-state index in [9.17, 15) is 25.0 Å². The van der Waals surface area contributed by atoms with Crippen LogP contribution in [0.1, 0.15) is 10.4 Å². The number of hydrogen-bond acceptors (Lipinski definition) is 10. The maximum absolute atomic E-state index is 12.3. The lowest BCUT2D eigenvalue weighted by Crippen LogP contribution is -2.30. The van der Waals surface area contributed by atoms with Gasteiger partial charge in [-0.25, -0.2) is 15.0 Å². The SMILES string of the molecule is O=C(NNc1ncnc(Nc2ccccn2)c1[N+](=O)[O-])c1ccccc1[N+](=O)[O-]. The quantitative estimate of drug-likeness (QED) is 0.396. The fourth-order valence-electron chi connectivity index (χ4n) is 2.30. The van der Waals surface area contributed by atoms with Gasteiger partial charge in [-0.1, -0.05) is 18.2 Å². The Morgan fingerprint density at radius 3 is 2.31 bits per heavy atom. The number of nitrogens with zero attached hydrogens (tertiary/aromatic N) is 5. The third-order valence-electron chi connectivity index (χ3n) is 3.56. The molecule has 0 bridgehead atoms. The number of hydrazine groups is 1. The average Bonchev–Trinajstić information content (AvgIpc) is 2.72. The van der Waals surface area contributed by atoms with Crippen molar-refractivity contribution in [3.05, 3.63) is 80.8 Å². The van der Waals surface area contributed by atoms with Crippen molar-refractivity contribution in [2.45, 2.75) is 0 Å². The molecule has 2 aromatic heterocycles. The Labute approximate surface area is 162 Å². The van der Waals surface area contributed by atoms with Gasteiger partial charge in [0.25, 0.3) is 11.6 Å². The molecule has 0 fully saturated rings. The molecule has 0 saturated heterocycles. The summed E-state index contributed by atoms with van der Waals surface area (Å²) in [6.45, 7) is 0. The van der Waals surface area contributed by atoms with Crippen LogP contribution in [-0.2, 0) is 0 Å². The number of benzene rings is 1. The predicted molar refractivity (Wildman–Crippen MR) is 100 cm³/mol. The number of pyridine rings is 1. The minimum absolute atomic E-state index is 0.161. The number of nitro groups is 2. The second-order valence-corrected chi connectivity index (χ2v) is 5.37. The smallest absolute Gasteiger partial charge is 0.319 e. The van der Waals surface area contributed by atoms with E-state index in [1.807, 2.05) is 0 Å². The van der Waals surface area contributed by atoms with Gasteiger partial charge in [0.15, 0.2) is 0 Å². The molecular weight excluding hydrogens is 384 g/mol. The van der Waals surface area contributed by atoms with Gasteiger partial charge in [0.05, 0.1) is 9.85 Å². The summed E-state index contributed by atoms with van der Waals surface area (Å²) >= 11 is 0. The van der Waals surface area contributed by atoms with E-state index in [1.165, 1.54) is 24.4 Å². The number of nitro benzene ring substituents is 1. The second-order valence-electron chi connectivity index (χ2n) is 5.37. The lowest BCUT2D eigenvalue weighted by molar-refractivity contribution is -0.385. The van der Waals surface area contributed by atoms with Crippen LogP contribution in [0.4, 0.5) is 28.8 Å². The topological polar surface area (TPSA) is 178 Å². The number of carbonyl (C=O) groups excluding carboxylic acids is 1. The highest BCUT2D eigenvalue weighted by Crippen LogP contribution is 2.30. The second kappa shape index (κ2) is 8.34. The predicted octanol–water partition coefficient (Wildman–Crippen LogP) is 2.19. The van der Waals surface area contributed by atoms with E-state index >= 15 is 0 Å². The van der Waals surface area contributed by atoms with Gasteiger partial charge in [-0.3, -0.25) is 35.9 Å². The fourth-order valence-corrected chi connectivity index (χ4v) is 2.30. The molecule has 1 amide bonds. The van der Waals surface area contributed by atoms with Crippen LogP contribution in [0.3, 0.4) is 0 Å². The molecular formula is C16H12N8O5. The molecule has 0 saturated carbocycles. The van der Waals surface area contributed by atoms with Crippen LogP contribution >= 0.6 is 0 Å². The number of aromatic nitrogens is 3. The van der Waals surface area contributed by atoms with Crippen LogP contribution in [-0.4, -0.2) is 30.7 Å². The van der Waals surface area contributed by atoms with E-state index in [0.29, 0.717) is 5.82 Å². The third kappa shape index (κ3) is 4.36. The molecule has 0 aliphatic carbocycles. The highest BCUT2D eigenvalue weighted by molar-refractivity contribution is 5.98. The first-order chi connectivity index (χ1) is 14.0. The van der Waals surface area contributed by atoms with Crippen LogP contribution in [0.2, 0.25) is 0 Å². The molecule has 3 N–H and O–H groups in total. The van der Waals surface area contributed by atoms with E-state index in [-0.39, 0.29) is 17.2 Å². The van der Waals surface area contributed by atoms with Crippen LogP contribution < -0.4 is 16.2 Å². The zero-order valence-corrected chi connectivity index (χ0v) is 14.5. The molecule has 13 nitrogen and oxygen atoms in total. The molecule has 0 spiro atoms. The van der Waals surface area contributed by atoms with Crippen molar-refractivity contribution >= 4 is 34.7 Å². The van der Waals surface area contributed by atoms with E-state index in [4.69, 9.17) is 0 Å². The third-order valence-corrected chi connectivity index (χ3v) is 3.56. The normalized spacial score (nSPS) is 10.1. The largest absolute Gasteiger partial charge is 0.355 e. The molecule has 0 atom stereocenters. The lowest BCUT2D eigenvalue weighted by atomic mass is 10.2. The maximum atomic E-state index is 12.3. The van der Waals surface area contributed by atoms with Crippen molar-refractivity contribution < 1.29 is 14.6 Å². The van der Waals surface area contributed by atoms with Crippen molar-refractivity contribution in [1.82, 2.24) is 20.4 Å². The minimum Gasteiger partial charge on any atom is -0.319 e. The molecule has 0 unspecified atom stereocenters. The molecule has 3 rings (SSSR count). The molecule has 2 heterocycles. The number of carbonyl (C=O) groups is 1.